The van der Waals surface area contributed by atoms with E-state index in [1.165, 1.54) is 16.6 Å². The number of fused-ring (bicyclic) bond motifs is 1. The molecule has 2 nitrogen and oxygen atoms in total. The lowest BCUT2D eigenvalue weighted by atomic mass is 10.2. The van der Waals surface area contributed by atoms with E-state index < -0.39 is 0 Å². The van der Waals surface area contributed by atoms with Gasteiger partial charge in [-0.2, -0.15) is 0 Å². The van der Waals surface area contributed by atoms with Crippen LogP contribution in [0.4, 0.5) is 0 Å². The zero-order valence-electron chi connectivity index (χ0n) is 10.5. The molecule has 1 heterocycles. The number of ether oxygens (including phenoxy) is 1. The topological polar surface area (TPSA) is 14.2 Å². The first-order chi connectivity index (χ1) is 8.13. The molecular weight excluding hydrogens is 234 g/mol. The van der Waals surface area contributed by atoms with Crippen LogP contribution in [0.2, 0.25) is 5.02 Å². The molecule has 0 spiro atoms. The third-order valence-corrected chi connectivity index (χ3v) is 3.09. The Bertz CT molecular complexity index is 516. The summed E-state index contributed by atoms with van der Waals surface area (Å²) >= 11 is 6.06. The van der Waals surface area contributed by atoms with Crippen molar-refractivity contribution in [1.82, 2.24) is 4.57 Å². The molecule has 0 aliphatic heterocycles. The third-order valence-electron chi connectivity index (χ3n) is 2.85. The second-order valence-corrected chi connectivity index (χ2v) is 4.88. The number of hydrogen-bond donors (Lipinski definition) is 0. The van der Waals surface area contributed by atoms with Gasteiger partial charge in [-0.05, 0) is 39.0 Å². The monoisotopic (exact) mass is 251 g/mol. The van der Waals surface area contributed by atoms with Gasteiger partial charge >= 0.3 is 0 Å². The fourth-order valence-corrected chi connectivity index (χ4v) is 2.35. The number of nitrogens with zero attached hydrogens (tertiary/aromatic N) is 1. The normalized spacial score (nSPS) is 11.6. The van der Waals surface area contributed by atoms with Crippen LogP contribution in [0, 0.1) is 0 Å². The zero-order chi connectivity index (χ0) is 12.4. The van der Waals surface area contributed by atoms with Crippen LogP contribution in [-0.4, -0.2) is 11.2 Å². The summed E-state index contributed by atoms with van der Waals surface area (Å²) in [6, 6.07) is 8.60. The fourth-order valence-electron chi connectivity index (χ4n) is 2.18. The maximum Gasteiger partial charge on any atom is 0.0868 e. The Balaban J connectivity index is 2.54. The molecule has 0 saturated heterocycles. The van der Waals surface area contributed by atoms with E-state index in [1.54, 1.807) is 0 Å². The van der Waals surface area contributed by atoms with Crippen LogP contribution in [0.25, 0.3) is 10.9 Å². The molecule has 1 aromatic carbocycles. The quantitative estimate of drug-likeness (QED) is 0.785. The number of hydrogen-bond acceptors (Lipinski definition) is 1. The van der Waals surface area contributed by atoms with Crippen molar-refractivity contribution >= 4 is 22.5 Å². The highest BCUT2D eigenvalue weighted by molar-refractivity contribution is 6.31. The highest BCUT2D eigenvalue weighted by Gasteiger charge is 2.11. The van der Waals surface area contributed by atoms with E-state index in [2.05, 4.69) is 30.5 Å². The number of aromatic nitrogens is 1. The molecule has 0 aliphatic rings. The summed E-state index contributed by atoms with van der Waals surface area (Å²) in [4.78, 5) is 0. The first-order valence-corrected chi connectivity index (χ1v) is 6.38. The van der Waals surface area contributed by atoms with E-state index in [4.69, 9.17) is 16.3 Å². The molecule has 0 atom stereocenters. The molecule has 0 saturated carbocycles. The van der Waals surface area contributed by atoms with E-state index in [0.717, 1.165) is 11.6 Å². The van der Waals surface area contributed by atoms with Crippen molar-refractivity contribution in [2.75, 3.05) is 6.61 Å². The smallest absolute Gasteiger partial charge is 0.0868 e. The van der Waals surface area contributed by atoms with Crippen molar-refractivity contribution in [1.29, 1.82) is 0 Å². The highest BCUT2D eigenvalue weighted by Crippen LogP contribution is 2.27. The molecule has 0 fully saturated rings. The van der Waals surface area contributed by atoms with Gasteiger partial charge in [0, 0.05) is 28.8 Å². The Hall–Kier alpha value is -0.990. The van der Waals surface area contributed by atoms with Crippen molar-refractivity contribution in [3.05, 3.63) is 35.0 Å². The lowest BCUT2D eigenvalue weighted by molar-refractivity contribution is 0.128. The molecule has 0 radical (unpaired) electrons. The maximum atomic E-state index is 6.06. The Morgan fingerprint density at radius 2 is 2.06 bits per heavy atom. The van der Waals surface area contributed by atoms with Gasteiger partial charge in [0.25, 0.3) is 0 Å². The summed E-state index contributed by atoms with van der Waals surface area (Å²) in [6.45, 7) is 7.76. The molecule has 1 aromatic heterocycles. The summed E-state index contributed by atoms with van der Waals surface area (Å²) in [5, 5.41) is 2.00. The minimum absolute atomic E-state index is 0.404. The van der Waals surface area contributed by atoms with Crippen molar-refractivity contribution < 1.29 is 4.74 Å². The lowest BCUT2D eigenvalue weighted by Gasteiger charge is -2.14. The summed E-state index contributed by atoms with van der Waals surface area (Å²) in [6.07, 6.45) is 0. The van der Waals surface area contributed by atoms with Gasteiger partial charge in [-0.25, -0.2) is 0 Å². The Morgan fingerprint density at radius 3 is 2.71 bits per heavy atom. The van der Waals surface area contributed by atoms with Crippen molar-refractivity contribution in [2.45, 2.75) is 33.4 Å². The minimum atomic E-state index is 0.404. The standard InChI is InChI=1S/C14H18ClNO/c1-4-17-9-13-7-11-5-6-12(15)8-14(11)16(13)10(2)3/h5-8,10H,4,9H2,1-3H3. The summed E-state index contributed by atoms with van der Waals surface area (Å²) < 4.78 is 7.80. The molecule has 2 aromatic rings. The molecule has 0 aliphatic carbocycles. The Kier molecular flexibility index (Phi) is 3.75. The summed E-state index contributed by atoms with van der Waals surface area (Å²) in [5.41, 5.74) is 2.39. The summed E-state index contributed by atoms with van der Waals surface area (Å²) in [7, 11) is 0. The average molecular weight is 252 g/mol. The molecule has 17 heavy (non-hydrogen) atoms. The van der Waals surface area contributed by atoms with Crippen LogP contribution in [-0.2, 0) is 11.3 Å². The van der Waals surface area contributed by atoms with Gasteiger partial charge in [0.15, 0.2) is 0 Å². The minimum Gasteiger partial charge on any atom is -0.376 e. The first-order valence-electron chi connectivity index (χ1n) is 6.00. The van der Waals surface area contributed by atoms with E-state index in [0.29, 0.717) is 12.6 Å². The number of rotatable bonds is 4. The van der Waals surface area contributed by atoms with Crippen molar-refractivity contribution in [3.63, 3.8) is 0 Å². The van der Waals surface area contributed by atoms with Crippen LogP contribution in [0.5, 0.6) is 0 Å². The second kappa shape index (κ2) is 5.11. The van der Waals surface area contributed by atoms with E-state index in [9.17, 15) is 0 Å². The Labute approximate surface area is 107 Å². The van der Waals surface area contributed by atoms with E-state index >= 15 is 0 Å². The lowest BCUT2D eigenvalue weighted by Crippen LogP contribution is -2.06. The fraction of sp³-hybridized carbons (Fsp3) is 0.429. The molecule has 2 rings (SSSR count). The van der Waals surface area contributed by atoms with Crippen molar-refractivity contribution in [2.24, 2.45) is 0 Å². The largest absolute Gasteiger partial charge is 0.376 e. The van der Waals surface area contributed by atoms with Gasteiger partial charge in [0.1, 0.15) is 0 Å². The second-order valence-electron chi connectivity index (χ2n) is 4.44. The molecule has 0 amide bonds. The Morgan fingerprint density at radius 1 is 1.29 bits per heavy atom. The third kappa shape index (κ3) is 2.48. The van der Waals surface area contributed by atoms with E-state index in [1.807, 2.05) is 19.1 Å². The van der Waals surface area contributed by atoms with Gasteiger partial charge < -0.3 is 9.30 Å². The first kappa shape index (κ1) is 12.5. The van der Waals surface area contributed by atoms with Crippen LogP contribution < -0.4 is 0 Å². The molecule has 0 unspecified atom stereocenters. The molecule has 0 N–H and O–H groups in total. The average Bonchev–Trinajstić information content (AvgIpc) is 2.63. The van der Waals surface area contributed by atoms with Gasteiger partial charge in [0.05, 0.1) is 12.1 Å². The van der Waals surface area contributed by atoms with Crippen LogP contribution in [0.1, 0.15) is 32.5 Å². The number of benzene rings is 1. The SMILES string of the molecule is CCOCc1cc2ccc(Cl)cc2n1C(C)C. The maximum absolute atomic E-state index is 6.06. The van der Waals surface area contributed by atoms with Gasteiger partial charge in [-0.15, -0.1) is 0 Å². The van der Waals surface area contributed by atoms with Crippen LogP contribution >= 0.6 is 11.6 Å². The predicted molar refractivity (Wildman–Crippen MR) is 72.7 cm³/mol. The number of halogens is 1. The predicted octanol–water partition coefficient (Wildman–Crippen LogP) is 4.41. The van der Waals surface area contributed by atoms with E-state index in [-0.39, 0.29) is 0 Å². The zero-order valence-corrected chi connectivity index (χ0v) is 11.3. The van der Waals surface area contributed by atoms with Gasteiger partial charge in [-0.1, -0.05) is 17.7 Å². The van der Waals surface area contributed by atoms with Gasteiger partial charge in [0.2, 0.25) is 0 Å². The van der Waals surface area contributed by atoms with Gasteiger partial charge in [-0.3, -0.25) is 0 Å². The van der Waals surface area contributed by atoms with Crippen LogP contribution in [0.15, 0.2) is 24.3 Å². The highest BCUT2D eigenvalue weighted by atomic mass is 35.5. The molecular formula is C14H18ClNO. The van der Waals surface area contributed by atoms with Crippen molar-refractivity contribution in [3.8, 4) is 0 Å². The molecule has 92 valence electrons. The molecule has 3 heteroatoms. The van der Waals surface area contributed by atoms with Crippen LogP contribution in [0.3, 0.4) is 0 Å². The molecule has 0 bridgehead atoms. The summed E-state index contributed by atoms with van der Waals surface area (Å²) in [5.74, 6) is 0.